The molecule has 2 aromatic carbocycles. The predicted molar refractivity (Wildman–Crippen MR) is 113 cm³/mol. The van der Waals surface area contributed by atoms with Gasteiger partial charge in [0.15, 0.2) is 0 Å². The second-order valence-corrected chi connectivity index (χ2v) is 7.15. The summed E-state index contributed by atoms with van der Waals surface area (Å²) in [6.07, 6.45) is 0. The molecule has 0 unspecified atom stereocenters. The molecule has 0 atom stereocenters. The standard InChI is InChI=1S/C23H26N4O/c1-2-24-23(28)27-14-12-26(13-15-27)17-20-16-19-10-6-7-11-21(19)25-22(20)18-8-4-3-5-9-18/h3-11,16H,2,12-15,17H2,1H3,(H,24,28). The Hall–Kier alpha value is -2.92. The maximum Gasteiger partial charge on any atom is 0.317 e. The zero-order chi connectivity index (χ0) is 19.3. The molecule has 4 rings (SSSR count). The largest absolute Gasteiger partial charge is 0.338 e. The number of aromatic nitrogens is 1. The van der Waals surface area contributed by atoms with Crippen molar-refractivity contribution in [2.24, 2.45) is 0 Å². The fraction of sp³-hybridized carbons (Fsp3) is 0.304. The van der Waals surface area contributed by atoms with Crippen LogP contribution in [0, 0.1) is 0 Å². The molecule has 1 saturated heterocycles. The van der Waals surface area contributed by atoms with Gasteiger partial charge in [-0.15, -0.1) is 0 Å². The first-order chi connectivity index (χ1) is 13.7. The van der Waals surface area contributed by atoms with Crippen LogP contribution in [0.15, 0.2) is 60.7 Å². The molecule has 5 heteroatoms. The lowest BCUT2D eigenvalue weighted by Crippen LogP contribution is -2.51. The first kappa shape index (κ1) is 18.4. The summed E-state index contributed by atoms with van der Waals surface area (Å²) in [4.78, 5) is 21.3. The van der Waals surface area contributed by atoms with E-state index in [1.807, 2.05) is 24.0 Å². The zero-order valence-electron chi connectivity index (χ0n) is 16.3. The van der Waals surface area contributed by atoms with E-state index in [1.165, 1.54) is 5.56 Å². The van der Waals surface area contributed by atoms with Crippen LogP contribution in [0.4, 0.5) is 4.79 Å². The summed E-state index contributed by atoms with van der Waals surface area (Å²) in [7, 11) is 0. The highest BCUT2D eigenvalue weighted by atomic mass is 16.2. The third-order valence-electron chi connectivity index (χ3n) is 5.23. The number of amides is 2. The van der Waals surface area contributed by atoms with E-state index in [1.54, 1.807) is 0 Å². The number of nitrogens with one attached hydrogen (secondary N) is 1. The van der Waals surface area contributed by atoms with Crippen molar-refractivity contribution in [1.29, 1.82) is 0 Å². The first-order valence-electron chi connectivity index (χ1n) is 9.94. The van der Waals surface area contributed by atoms with Crippen LogP contribution in [0.2, 0.25) is 0 Å². The lowest BCUT2D eigenvalue weighted by Gasteiger charge is -2.35. The van der Waals surface area contributed by atoms with Gasteiger partial charge < -0.3 is 10.2 Å². The molecule has 0 spiro atoms. The summed E-state index contributed by atoms with van der Waals surface area (Å²) in [5, 5.41) is 4.05. The molecule has 3 aromatic rings. The molecule has 28 heavy (non-hydrogen) atoms. The minimum Gasteiger partial charge on any atom is -0.338 e. The number of urea groups is 1. The number of hydrogen-bond acceptors (Lipinski definition) is 3. The van der Waals surface area contributed by atoms with Crippen molar-refractivity contribution in [2.75, 3.05) is 32.7 Å². The minimum atomic E-state index is 0.0412. The second kappa shape index (κ2) is 8.40. The van der Waals surface area contributed by atoms with Gasteiger partial charge in [0, 0.05) is 50.2 Å². The van der Waals surface area contributed by atoms with Crippen LogP contribution in [0.5, 0.6) is 0 Å². The number of carbonyl (C=O) groups is 1. The molecule has 0 aliphatic carbocycles. The van der Waals surface area contributed by atoms with Crippen molar-refractivity contribution in [3.8, 4) is 11.3 Å². The number of carbonyl (C=O) groups excluding carboxylic acids is 1. The molecule has 1 N–H and O–H groups in total. The average Bonchev–Trinajstić information content (AvgIpc) is 2.74. The SMILES string of the molecule is CCNC(=O)N1CCN(Cc2cc3ccccc3nc2-c2ccccc2)CC1. The van der Waals surface area contributed by atoms with Crippen LogP contribution in [-0.2, 0) is 6.54 Å². The van der Waals surface area contributed by atoms with Gasteiger partial charge in [-0.1, -0.05) is 48.5 Å². The Bertz CT molecular complexity index is 949. The highest BCUT2D eigenvalue weighted by Crippen LogP contribution is 2.27. The summed E-state index contributed by atoms with van der Waals surface area (Å²) >= 11 is 0. The lowest BCUT2D eigenvalue weighted by molar-refractivity contribution is 0.135. The van der Waals surface area contributed by atoms with Gasteiger partial charge >= 0.3 is 6.03 Å². The summed E-state index contributed by atoms with van der Waals surface area (Å²) in [6.45, 7) is 6.72. The van der Waals surface area contributed by atoms with Crippen LogP contribution in [0.1, 0.15) is 12.5 Å². The van der Waals surface area contributed by atoms with Gasteiger partial charge in [0.1, 0.15) is 0 Å². The van der Waals surface area contributed by atoms with Crippen LogP contribution < -0.4 is 5.32 Å². The molecule has 1 aromatic heterocycles. The Morgan fingerprint density at radius 1 is 1.00 bits per heavy atom. The molecule has 144 valence electrons. The molecular formula is C23H26N4O. The molecule has 0 bridgehead atoms. The van der Waals surface area contributed by atoms with Crippen LogP contribution in [-0.4, -0.2) is 53.5 Å². The van der Waals surface area contributed by atoms with Crippen molar-refractivity contribution in [1.82, 2.24) is 20.1 Å². The Kier molecular flexibility index (Phi) is 5.53. The Morgan fingerprint density at radius 2 is 1.71 bits per heavy atom. The molecular weight excluding hydrogens is 348 g/mol. The molecule has 2 amide bonds. The normalized spacial score (nSPS) is 15.0. The number of benzene rings is 2. The van der Waals surface area contributed by atoms with E-state index >= 15 is 0 Å². The van der Waals surface area contributed by atoms with Crippen LogP contribution in [0.25, 0.3) is 22.2 Å². The fourth-order valence-corrected chi connectivity index (χ4v) is 3.74. The highest BCUT2D eigenvalue weighted by molar-refractivity contribution is 5.83. The van der Waals surface area contributed by atoms with E-state index < -0.39 is 0 Å². The average molecular weight is 374 g/mol. The Balaban J connectivity index is 1.57. The first-order valence-corrected chi connectivity index (χ1v) is 9.94. The number of rotatable bonds is 4. The summed E-state index contributed by atoms with van der Waals surface area (Å²) in [5.41, 5.74) is 4.44. The number of hydrogen-bond donors (Lipinski definition) is 1. The van der Waals surface area contributed by atoms with Crippen LogP contribution >= 0.6 is 0 Å². The summed E-state index contributed by atoms with van der Waals surface area (Å²) in [6, 6.07) is 21.0. The van der Waals surface area contributed by atoms with Crippen LogP contribution in [0.3, 0.4) is 0 Å². The maximum absolute atomic E-state index is 12.0. The predicted octanol–water partition coefficient (Wildman–Crippen LogP) is 3.75. The van der Waals surface area contributed by atoms with Crippen molar-refractivity contribution in [3.63, 3.8) is 0 Å². The second-order valence-electron chi connectivity index (χ2n) is 7.15. The number of para-hydroxylation sites is 1. The van der Waals surface area contributed by atoms with Crippen molar-refractivity contribution >= 4 is 16.9 Å². The third kappa shape index (κ3) is 3.99. The van der Waals surface area contributed by atoms with Gasteiger partial charge in [-0.3, -0.25) is 4.90 Å². The van der Waals surface area contributed by atoms with E-state index in [0.29, 0.717) is 6.54 Å². The Morgan fingerprint density at radius 3 is 2.46 bits per heavy atom. The molecule has 1 fully saturated rings. The maximum atomic E-state index is 12.0. The zero-order valence-corrected chi connectivity index (χ0v) is 16.3. The number of piperazine rings is 1. The van der Waals surface area contributed by atoms with E-state index in [0.717, 1.165) is 54.9 Å². The molecule has 0 saturated carbocycles. The van der Waals surface area contributed by atoms with E-state index in [2.05, 4.69) is 58.7 Å². The number of nitrogens with zero attached hydrogens (tertiary/aromatic N) is 3. The van der Waals surface area contributed by atoms with E-state index in [4.69, 9.17) is 4.98 Å². The van der Waals surface area contributed by atoms with E-state index in [-0.39, 0.29) is 6.03 Å². The van der Waals surface area contributed by atoms with Crippen molar-refractivity contribution in [2.45, 2.75) is 13.5 Å². The number of fused-ring (bicyclic) bond motifs is 1. The van der Waals surface area contributed by atoms with Crippen molar-refractivity contribution in [3.05, 3.63) is 66.2 Å². The highest BCUT2D eigenvalue weighted by Gasteiger charge is 2.22. The van der Waals surface area contributed by atoms with Gasteiger partial charge in [-0.2, -0.15) is 0 Å². The summed E-state index contributed by atoms with van der Waals surface area (Å²) in [5.74, 6) is 0. The smallest absolute Gasteiger partial charge is 0.317 e. The molecule has 1 aliphatic rings. The van der Waals surface area contributed by atoms with Gasteiger partial charge in [-0.05, 0) is 24.6 Å². The monoisotopic (exact) mass is 374 g/mol. The van der Waals surface area contributed by atoms with Crippen molar-refractivity contribution < 1.29 is 4.79 Å². The van der Waals surface area contributed by atoms with E-state index in [9.17, 15) is 4.79 Å². The summed E-state index contributed by atoms with van der Waals surface area (Å²) < 4.78 is 0. The molecule has 2 heterocycles. The fourth-order valence-electron chi connectivity index (χ4n) is 3.74. The minimum absolute atomic E-state index is 0.0412. The van der Waals surface area contributed by atoms with Gasteiger partial charge in [0.05, 0.1) is 11.2 Å². The topological polar surface area (TPSA) is 48.5 Å². The molecule has 5 nitrogen and oxygen atoms in total. The number of pyridine rings is 1. The Labute approximate surface area is 166 Å². The lowest BCUT2D eigenvalue weighted by atomic mass is 10.0. The third-order valence-corrected chi connectivity index (χ3v) is 5.23. The molecule has 1 aliphatic heterocycles. The van der Waals surface area contributed by atoms with Gasteiger partial charge in [-0.25, -0.2) is 9.78 Å². The van der Waals surface area contributed by atoms with Gasteiger partial charge in [0.2, 0.25) is 0 Å². The molecule has 0 radical (unpaired) electrons. The quantitative estimate of drug-likeness (QED) is 0.757. The van der Waals surface area contributed by atoms with Gasteiger partial charge in [0.25, 0.3) is 0 Å².